The zero-order valence-corrected chi connectivity index (χ0v) is 17.1. The van der Waals surface area contributed by atoms with E-state index in [4.69, 9.17) is 32.7 Å². The van der Waals surface area contributed by atoms with Crippen LogP contribution in [0.1, 0.15) is 20.3 Å². The predicted molar refractivity (Wildman–Crippen MR) is 102 cm³/mol. The van der Waals surface area contributed by atoms with E-state index < -0.39 is 11.5 Å². The molecule has 0 N–H and O–H groups in total. The van der Waals surface area contributed by atoms with Crippen molar-refractivity contribution in [1.29, 1.82) is 0 Å². The summed E-state index contributed by atoms with van der Waals surface area (Å²) in [5.74, 6) is -0.182. The highest BCUT2D eigenvalue weighted by Gasteiger charge is 2.54. The molecule has 146 valence electrons. The summed E-state index contributed by atoms with van der Waals surface area (Å²) in [7, 11) is 0. The van der Waals surface area contributed by atoms with Crippen LogP contribution in [0.3, 0.4) is 0 Å². The Labute approximate surface area is 169 Å². The summed E-state index contributed by atoms with van der Waals surface area (Å²) in [6.07, 6.45) is 1.55. The molecule has 0 aromatic carbocycles. The standard InChI is InChI=1S/C16H18Cl2N4O4S/c1-3-25-10(23)5-9-6-27-7-16(9,14(24)26-4-2)22-8-19-11-12(17)20-15(18)21-13(11)22/h8-9H,3-7H2,1-2H3/t9-,16+/m1/s1. The minimum atomic E-state index is -1.16. The van der Waals surface area contributed by atoms with Crippen molar-refractivity contribution in [2.45, 2.75) is 25.8 Å². The van der Waals surface area contributed by atoms with Gasteiger partial charge in [0.25, 0.3) is 0 Å². The largest absolute Gasteiger partial charge is 0.466 e. The van der Waals surface area contributed by atoms with Crippen LogP contribution in [0.25, 0.3) is 11.2 Å². The summed E-state index contributed by atoms with van der Waals surface area (Å²) in [4.78, 5) is 37.6. The van der Waals surface area contributed by atoms with E-state index in [1.54, 1.807) is 30.2 Å². The number of aromatic nitrogens is 4. The van der Waals surface area contributed by atoms with Gasteiger partial charge in [0.05, 0.1) is 26.0 Å². The number of hydrogen-bond acceptors (Lipinski definition) is 8. The Morgan fingerprint density at radius 3 is 2.74 bits per heavy atom. The topological polar surface area (TPSA) is 96.2 Å². The van der Waals surface area contributed by atoms with Crippen LogP contribution in [-0.2, 0) is 24.6 Å². The molecular weight excluding hydrogens is 415 g/mol. The first-order chi connectivity index (χ1) is 12.9. The van der Waals surface area contributed by atoms with E-state index >= 15 is 0 Å². The molecule has 3 heterocycles. The van der Waals surface area contributed by atoms with Crippen molar-refractivity contribution in [3.63, 3.8) is 0 Å². The van der Waals surface area contributed by atoms with Crippen LogP contribution in [0.4, 0.5) is 0 Å². The van der Waals surface area contributed by atoms with Gasteiger partial charge in [-0.3, -0.25) is 9.36 Å². The fourth-order valence-corrected chi connectivity index (χ4v) is 5.26. The fourth-order valence-electron chi connectivity index (χ4n) is 3.24. The number of halogens is 2. The van der Waals surface area contributed by atoms with E-state index in [0.29, 0.717) is 22.7 Å². The van der Waals surface area contributed by atoms with Crippen LogP contribution >= 0.6 is 35.0 Å². The van der Waals surface area contributed by atoms with Crippen molar-refractivity contribution in [3.8, 4) is 0 Å². The number of carbonyl (C=O) groups excluding carboxylic acids is 2. The van der Waals surface area contributed by atoms with E-state index in [2.05, 4.69) is 15.0 Å². The molecule has 0 amide bonds. The van der Waals surface area contributed by atoms with Gasteiger partial charge < -0.3 is 9.47 Å². The average Bonchev–Trinajstić information content (AvgIpc) is 3.20. The van der Waals surface area contributed by atoms with E-state index in [-0.39, 0.29) is 42.0 Å². The Bertz CT molecular complexity index is 877. The first-order valence-electron chi connectivity index (χ1n) is 8.41. The number of thioether (sulfide) groups is 1. The number of imidazole rings is 1. The molecule has 1 fully saturated rings. The molecule has 0 bridgehead atoms. The number of esters is 2. The van der Waals surface area contributed by atoms with Crippen LogP contribution in [0, 0.1) is 5.92 Å². The molecule has 8 nitrogen and oxygen atoms in total. The molecule has 0 unspecified atom stereocenters. The normalized spacial score (nSPS) is 22.1. The maximum absolute atomic E-state index is 13.1. The van der Waals surface area contributed by atoms with Crippen molar-refractivity contribution >= 4 is 58.1 Å². The second kappa shape index (κ2) is 8.20. The van der Waals surface area contributed by atoms with Crippen LogP contribution in [0.2, 0.25) is 10.4 Å². The van der Waals surface area contributed by atoms with Gasteiger partial charge in [-0.05, 0) is 31.2 Å². The number of nitrogens with zero attached hydrogens (tertiary/aromatic N) is 4. The summed E-state index contributed by atoms with van der Waals surface area (Å²) in [5.41, 5.74) is -0.510. The molecule has 27 heavy (non-hydrogen) atoms. The van der Waals surface area contributed by atoms with Gasteiger partial charge in [0.15, 0.2) is 16.3 Å². The van der Waals surface area contributed by atoms with E-state index in [9.17, 15) is 9.59 Å². The number of rotatable bonds is 6. The third-order valence-electron chi connectivity index (χ3n) is 4.42. The highest BCUT2D eigenvalue weighted by atomic mass is 35.5. The zero-order valence-electron chi connectivity index (χ0n) is 14.8. The lowest BCUT2D eigenvalue weighted by Gasteiger charge is -2.33. The van der Waals surface area contributed by atoms with E-state index in [1.165, 1.54) is 6.33 Å². The van der Waals surface area contributed by atoms with Gasteiger partial charge >= 0.3 is 11.9 Å². The third-order valence-corrected chi connectivity index (χ3v) is 6.13. The summed E-state index contributed by atoms with van der Waals surface area (Å²) in [5, 5.41) is 0.0382. The molecule has 2 aromatic heterocycles. The summed E-state index contributed by atoms with van der Waals surface area (Å²) in [6, 6.07) is 0. The first-order valence-corrected chi connectivity index (χ1v) is 10.3. The molecule has 0 aliphatic carbocycles. The van der Waals surface area contributed by atoms with Gasteiger partial charge in [0, 0.05) is 11.7 Å². The SMILES string of the molecule is CCOC(=O)C[C@@H]1CSC[C@]1(C(=O)OCC)n1cnc2c(Cl)nc(Cl)nc21. The van der Waals surface area contributed by atoms with Gasteiger partial charge in [-0.1, -0.05) is 11.6 Å². The molecule has 0 radical (unpaired) electrons. The Kier molecular flexibility index (Phi) is 6.12. The molecule has 0 spiro atoms. The molecule has 3 rings (SSSR count). The van der Waals surface area contributed by atoms with Gasteiger partial charge in [-0.25, -0.2) is 14.8 Å². The second-order valence-electron chi connectivity index (χ2n) is 5.94. The molecule has 2 atom stereocenters. The van der Waals surface area contributed by atoms with Crippen molar-refractivity contribution in [2.75, 3.05) is 24.7 Å². The highest BCUT2D eigenvalue weighted by molar-refractivity contribution is 7.99. The highest BCUT2D eigenvalue weighted by Crippen LogP contribution is 2.44. The molecule has 1 saturated heterocycles. The lowest BCUT2D eigenvalue weighted by atomic mass is 9.84. The summed E-state index contributed by atoms with van der Waals surface area (Å²) >= 11 is 13.6. The van der Waals surface area contributed by atoms with Gasteiger partial charge in [0.2, 0.25) is 5.28 Å². The molecule has 11 heteroatoms. The Morgan fingerprint density at radius 2 is 2.04 bits per heavy atom. The van der Waals surface area contributed by atoms with Crippen LogP contribution in [-0.4, -0.2) is 56.2 Å². The lowest BCUT2D eigenvalue weighted by Crippen LogP contribution is -2.49. The molecule has 1 aliphatic heterocycles. The number of carbonyl (C=O) groups is 2. The number of ether oxygens (including phenoxy) is 2. The van der Waals surface area contributed by atoms with E-state index in [1.807, 2.05) is 0 Å². The molecule has 1 aliphatic rings. The minimum absolute atomic E-state index is 0.0548. The fraction of sp³-hybridized carbons (Fsp3) is 0.562. The second-order valence-corrected chi connectivity index (χ2v) is 7.66. The third kappa shape index (κ3) is 3.60. The first kappa shape index (κ1) is 20.2. The quantitative estimate of drug-likeness (QED) is 0.390. The molecular formula is C16H18Cl2N4O4S. The molecule has 0 saturated carbocycles. The summed E-state index contributed by atoms with van der Waals surface area (Å²) in [6.45, 7) is 3.96. The lowest BCUT2D eigenvalue weighted by molar-refractivity contribution is -0.156. The van der Waals surface area contributed by atoms with E-state index in [0.717, 1.165) is 0 Å². The van der Waals surface area contributed by atoms with Crippen molar-refractivity contribution in [3.05, 3.63) is 16.8 Å². The van der Waals surface area contributed by atoms with Crippen LogP contribution in [0.5, 0.6) is 0 Å². The Balaban J connectivity index is 2.14. The maximum atomic E-state index is 13.1. The van der Waals surface area contributed by atoms with Gasteiger partial charge in [-0.15, -0.1) is 0 Å². The van der Waals surface area contributed by atoms with Gasteiger partial charge in [0.1, 0.15) is 5.52 Å². The Hall–Kier alpha value is -1.58. The average molecular weight is 433 g/mol. The van der Waals surface area contributed by atoms with Crippen molar-refractivity contribution < 1.29 is 19.1 Å². The molecule has 2 aromatic rings. The smallest absolute Gasteiger partial charge is 0.333 e. The summed E-state index contributed by atoms with van der Waals surface area (Å²) < 4.78 is 12.1. The number of fused-ring (bicyclic) bond motifs is 1. The minimum Gasteiger partial charge on any atom is -0.466 e. The predicted octanol–water partition coefficient (Wildman–Crippen LogP) is 2.71. The maximum Gasteiger partial charge on any atom is 0.333 e. The van der Waals surface area contributed by atoms with Gasteiger partial charge in [-0.2, -0.15) is 16.7 Å². The van der Waals surface area contributed by atoms with Crippen LogP contribution < -0.4 is 0 Å². The monoisotopic (exact) mass is 432 g/mol. The Morgan fingerprint density at radius 1 is 1.30 bits per heavy atom. The number of hydrogen-bond donors (Lipinski definition) is 0. The zero-order chi connectivity index (χ0) is 19.6. The van der Waals surface area contributed by atoms with Crippen molar-refractivity contribution in [2.24, 2.45) is 5.92 Å². The van der Waals surface area contributed by atoms with Crippen LogP contribution in [0.15, 0.2) is 6.33 Å². The van der Waals surface area contributed by atoms with Crippen molar-refractivity contribution in [1.82, 2.24) is 19.5 Å².